The molecule has 0 saturated carbocycles. The van der Waals surface area contributed by atoms with Gasteiger partial charge in [-0.05, 0) is 126 Å². The number of hydrogen-bond acceptors (Lipinski definition) is 11. The Hall–Kier alpha value is -6.39. The van der Waals surface area contributed by atoms with E-state index in [1.807, 2.05) is 90.6 Å². The maximum absolute atomic E-state index is 13.1. The van der Waals surface area contributed by atoms with Gasteiger partial charge in [0.2, 0.25) is 11.8 Å². The normalized spacial score (nSPS) is 13.3. The number of carboxylic acids is 1. The second kappa shape index (κ2) is 24.6. The molecule has 0 radical (unpaired) electrons. The maximum Gasteiger partial charge on any atom is 0.335 e. The summed E-state index contributed by atoms with van der Waals surface area (Å²) in [6.07, 6.45) is 0.406. The Labute approximate surface area is 404 Å². The van der Waals surface area contributed by atoms with Crippen molar-refractivity contribution in [1.82, 2.24) is 30.6 Å². The lowest BCUT2D eigenvalue weighted by atomic mass is 9.90. The van der Waals surface area contributed by atoms with Crippen LogP contribution in [-0.4, -0.2) is 117 Å². The van der Waals surface area contributed by atoms with Crippen molar-refractivity contribution in [3.8, 4) is 45.8 Å². The summed E-state index contributed by atoms with van der Waals surface area (Å²) < 4.78 is 22.1. The van der Waals surface area contributed by atoms with E-state index >= 15 is 0 Å². The first-order valence-electron chi connectivity index (χ1n) is 22.7. The van der Waals surface area contributed by atoms with Crippen LogP contribution in [0.5, 0.6) is 23.3 Å². The molecule has 15 nitrogen and oxygen atoms in total. The van der Waals surface area contributed by atoms with Crippen LogP contribution < -0.4 is 24.3 Å². The Morgan fingerprint density at radius 3 is 1.47 bits per heavy atom. The number of nitrogens with zero attached hydrogens (tertiary/aromatic N) is 3. The van der Waals surface area contributed by atoms with Gasteiger partial charge >= 0.3 is 5.97 Å². The monoisotopic (exact) mass is 952 g/mol. The fourth-order valence-corrected chi connectivity index (χ4v) is 7.65. The topological polar surface area (TPSA) is 204 Å². The molecular weight excluding hydrogens is 888 g/mol. The van der Waals surface area contributed by atoms with Crippen molar-refractivity contribution < 1.29 is 43.9 Å². The van der Waals surface area contributed by atoms with Crippen LogP contribution in [0, 0.1) is 27.7 Å². The van der Waals surface area contributed by atoms with Gasteiger partial charge in [0.15, 0.2) is 0 Å². The van der Waals surface area contributed by atoms with E-state index in [2.05, 4.69) is 62.1 Å². The summed E-state index contributed by atoms with van der Waals surface area (Å²) in [7, 11) is 0. The van der Waals surface area contributed by atoms with Crippen molar-refractivity contribution in [2.45, 2.75) is 79.4 Å². The van der Waals surface area contributed by atoms with E-state index in [1.165, 1.54) is 11.1 Å². The van der Waals surface area contributed by atoms with E-state index in [1.54, 1.807) is 18.2 Å². The molecule has 8 rings (SSSR count). The van der Waals surface area contributed by atoms with Gasteiger partial charge in [-0.1, -0.05) is 36.4 Å². The van der Waals surface area contributed by atoms with Crippen molar-refractivity contribution in [3.05, 3.63) is 129 Å². The van der Waals surface area contributed by atoms with Crippen molar-refractivity contribution >= 4 is 24.3 Å². The lowest BCUT2D eigenvalue weighted by Crippen LogP contribution is -2.48. The predicted octanol–water partition coefficient (Wildman–Crippen LogP) is 8.44. The van der Waals surface area contributed by atoms with E-state index in [0.717, 1.165) is 69.4 Å². The zero-order valence-corrected chi connectivity index (χ0v) is 40.9. The van der Waals surface area contributed by atoms with E-state index < -0.39 is 5.97 Å². The second-order valence-corrected chi connectivity index (χ2v) is 17.3. The van der Waals surface area contributed by atoms with E-state index in [0.29, 0.717) is 42.2 Å². The molecule has 4 heterocycles. The highest BCUT2D eigenvalue weighted by Crippen LogP contribution is 2.34. The highest BCUT2D eigenvalue weighted by molar-refractivity contribution is 5.96. The van der Waals surface area contributed by atoms with Crippen LogP contribution in [0.15, 0.2) is 84.9 Å². The Kier molecular flexibility index (Phi) is 19.0. The number of halogens is 1. The molecular formula is C52H65ClN6O9. The van der Waals surface area contributed by atoms with Gasteiger partial charge in [-0.15, -0.1) is 22.6 Å². The van der Waals surface area contributed by atoms with Crippen LogP contribution >= 0.6 is 12.4 Å². The number of aromatic amines is 2. The lowest BCUT2D eigenvalue weighted by Gasteiger charge is -2.39. The van der Waals surface area contributed by atoms with Crippen LogP contribution in [0.4, 0.5) is 0 Å². The molecule has 16 heteroatoms. The minimum absolute atomic E-state index is 0. The number of nitrogens with one attached hydrogen (secondary N) is 3. The third-order valence-electron chi connectivity index (χ3n) is 11.5. The standard InChI is InChI=1S/C26H31N3O4.C14H16N2O4.C12H17NO.ClH/c1-16(2)33-22-9-7-19(8-10-22)21-14-29(15-21)26(31)20-6-5-17(3)23(13-20)24-18(4)25(28-27-24)32-12-11-30;1-8-3-4-10(14(18)19)7-11(8)12-9(2)13(16-15-12)20-6-5-17;1-9(2)14-12-5-3-10(4-6-12)11-7-13-8-11;/h5-10,13,16,21,30H,11-12,14-15H2,1-4H3,(H,27,28);3-4,7,17H,5-6H2,1-2H3,(H,15,16)(H,18,19);3-6,9,11,13H,7-8H2,1-2H3;1H. The predicted molar refractivity (Wildman–Crippen MR) is 265 cm³/mol. The number of aromatic carboxylic acids is 1. The summed E-state index contributed by atoms with van der Waals surface area (Å²) in [4.78, 5) is 26.1. The molecule has 0 aliphatic carbocycles. The molecule has 0 unspecified atom stereocenters. The Morgan fingerprint density at radius 2 is 1.07 bits per heavy atom. The molecule has 2 saturated heterocycles. The van der Waals surface area contributed by atoms with Crippen LogP contribution in [-0.2, 0) is 0 Å². The van der Waals surface area contributed by atoms with Gasteiger partial charge < -0.3 is 44.5 Å². The average Bonchev–Trinajstić information content (AvgIpc) is 3.82. The van der Waals surface area contributed by atoms with Gasteiger partial charge in [0.25, 0.3) is 5.91 Å². The molecule has 1 amide bonds. The Bertz CT molecular complexity index is 2570. The molecule has 0 atom stereocenters. The first-order chi connectivity index (χ1) is 32.2. The summed E-state index contributed by atoms with van der Waals surface area (Å²) >= 11 is 0. The Morgan fingerprint density at radius 1 is 0.647 bits per heavy atom. The van der Waals surface area contributed by atoms with Gasteiger partial charge in [0.1, 0.15) is 24.7 Å². The molecule has 2 aliphatic rings. The summed E-state index contributed by atoms with van der Waals surface area (Å²) in [5.74, 6) is 2.82. The molecule has 364 valence electrons. The number of H-pyrrole nitrogens is 2. The van der Waals surface area contributed by atoms with Gasteiger partial charge in [-0.25, -0.2) is 4.79 Å². The molecule has 0 bridgehead atoms. The molecule has 6 N–H and O–H groups in total. The molecule has 6 aromatic rings. The quantitative estimate of drug-likeness (QED) is 0.0541. The number of likely N-dealkylation sites (tertiary alicyclic amines) is 1. The van der Waals surface area contributed by atoms with Crippen molar-refractivity contribution in [3.63, 3.8) is 0 Å². The number of ether oxygens (including phenoxy) is 4. The number of rotatable bonds is 16. The highest BCUT2D eigenvalue weighted by Gasteiger charge is 2.32. The third kappa shape index (κ3) is 13.4. The first-order valence-corrected chi connectivity index (χ1v) is 22.7. The van der Waals surface area contributed by atoms with Crippen molar-refractivity contribution in [2.24, 2.45) is 0 Å². The number of benzene rings is 4. The van der Waals surface area contributed by atoms with Crippen LogP contribution in [0.2, 0.25) is 0 Å². The minimum atomic E-state index is -0.972. The molecule has 2 aromatic heterocycles. The SMILES string of the molecule is CC(C)Oc1ccc(C2CNC2)cc1.Cc1ccc(C(=O)N2CC(c3ccc(OC(C)C)cc3)C2)cc1-c1[nH]nc(OCCO)c1C.Cc1ccc(C(=O)O)cc1-c1[nH]nc(OCCO)c1C.Cl. The van der Waals surface area contributed by atoms with Gasteiger partial charge in [0.05, 0.1) is 42.4 Å². The largest absolute Gasteiger partial charge is 0.491 e. The number of aryl methyl sites for hydroxylation is 2. The molecule has 68 heavy (non-hydrogen) atoms. The van der Waals surface area contributed by atoms with E-state index in [9.17, 15) is 9.59 Å². The highest BCUT2D eigenvalue weighted by atomic mass is 35.5. The Balaban J connectivity index is 0.000000209. The number of carbonyl (C=O) groups is 2. The molecule has 4 aromatic carbocycles. The molecule has 2 aliphatic heterocycles. The lowest BCUT2D eigenvalue weighted by molar-refractivity contribution is 0.0601. The number of carbonyl (C=O) groups excluding carboxylic acids is 1. The van der Waals surface area contributed by atoms with Crippen LogP contribution in [0.1, 0.15) is 93.6 Å². The van der Waals surface area contributed by atoms with Crippen LogP contribution in [0.25, 0.3) is 22.5 Å². The summed E-state index contributed by atoms with van der Waals surface area (Å²) in [5.41, 5.74) is 10.4. The van der Waals surface area contributed by atoms with Crippen LogP contribution in [0.3, 0.4) is 0 Å². The number of amides is 1. The first kappa shape index (κ1) is 52.6. The summed E-state index contributed by atoms with van der Waals surface area (Å²) in [5, 5.41) is 44.2. The maximum atomic E-state index is 13.1. The average molecular weight is 954 g/mol. The number of aromatic nitrogens is 4. The van der Waals surface area contributed by atoms with Gasteiger partial charge in [-0.2, -0.15) is 0 Å². The summed E-state index contributed by atoms with van der Waals surface area (Å²) in [6.45, 7) is 19.6. The van der Waals surface area contributed by atoms with Gasteiger partial charge in [-0.3, -0.25) is 15.0 Å². The second-order valence-electron chi connectivity index (χ2n) is 17.3. The summed E-state index contributed by atoms with van der Waals surface area (Å²) in [6, 6.07) is 27.3. The van der Waals surface area contributed by atoms with Crippen molar-refractivity contribution in [2.75, 3.05) is 52.6 Å². The zero-order valence-electron chi connectivity index (χ0n) is 40.1. The number of aliphatic hydroxyl groups is 2. The number of aliphatic hydroxyl groups excluding tert-OH is 2. The smallest absolute Gasteiger partial charge is 0.335 e. The van der Waals surface area contributed by atoms with E-state index in [4.69, 9.17) is 34.3 Å². The minimum Gasteiger partial charge on any atom is -0.491 e. The molecule has 2 fully saturated rings. The number of carboxylic acid groups (broad SMARTS) is 1. The fourth-order valence-electron chi connectivity index (χ4n) is 7.65. The third-order valence-corrected chi connectivity index (χ3v) is 11.5. The fraction of sp³-hybridized carbons (Fsp3) is 0.385. The van der Waals surface area contributed by atoms with E-state index in [-0.39, 0.29) is 62.5 Å². The van der Waals surface area contributed by atoms with Crippen molar-refractivity contribution in [1.29, 1.82) is 0 Å². The number of hydrogen-bond donors (Lipinski definition) is 6. The molecule has 0 spiro atoms. The van der Waals surface area contributed by atoms with Gasteiger partial charge in [0, 0.05) is 65.8 Å². The zero-order chi connectivity index (χ0) is 48.2.